The minimum Gasteiger partial charge on any atom is -0.372 e. The van der Waals surface area contributed by atoms with Crippen LogP contribution < -0.4 is 10.6 Å². The van der Waals surface area contributed by atoms with Gasteiger partial charge in [0.15, 0.2) is 0 Å². The van der Waals surface area contributed by atoms with Crippen molar-refractivity contribution >= 4 is 27.7 Å². The van der Waals surface area contributed by atoms with Gasteiger partial charge in [0.25, 0.3) is 5.91 Å². The highest BCUT2D eigenvalue weighted by molar-refractivity contribution is 9.10. The van der Waals surface area contributed by atoms with Gasteiger partial charge >= 0.3 is 0 Å². The molecule has 0 spiro atoms. The average molecular weight is 315 g/mol. The SMILES string of the molecule is CCN(C)CCNC(=O)c1cc(Br)cnc1NC. The molecule has 1 heterocycles. The van der Waals surface area contributed by atoms with Crippen molar-refractivity contribution in [1.29, 1.82) is 0 Å². The minimum absolute atomic E-state index is 0.113. The van der Waals surface area contributed by atoms with Crippen LogP contribution in [0.1, 0.15) is 17.3 Å². The quantitative estimate of drug-likeness (QED) is 0.837. The lowest BCUT2D eigenvalue weighted by Crippen LogP contribution is -2.33. The summed E-state index contributed by atoms with van der Waals surface area (Å²) in [7, 11) is 3.77. The van der Waals surface area contributed by atoms with Crippen LogP contribution in [0, 0.1) is 0 Å². The Hall–Kier alpha value is -1.14. The molecule has 0 aliphatic rings. The third kappa shape index (κ3) is 4.27. The fourth-order valence-corrected chi connectivity index (χ4v) is 1.76. The Morgan fingerprint density at radius 1 is 1.56 bits per heavy atom. The molecular weight excluding hydrogens is 296 g/mol. The first-order valence-corrected chi connectivity index (χ1v) is 6.67. The second-order valence-electron chi connectivity index (χ2n) is 3.95. The molecule has 6 heteroatoms. The molecule has 1 aromatic rings. The van der Waals surface area contributed by atoms with Crippen LogP contribution in [0.2, 0.25) is 0 Å². The molecule has 0 radical (unpaired) electrons. The molecule has 2 N–H and O–H groups in total. The standard InChI is InChI=1S/C12H19BrN4O/c1-4-17(3)6-5-15-12(18)10-7-9(13)8-16-11(10)14-2/h7-8H,4-6H2,1-3H3,(H,14,16)(H,15,18). The van der Waals surface area contributed by atoms with Crippen LogP contribution in [-0.4, -0.2) is 49.5 Å². The zero-order valence-corrected chi connectivity index (χ0v) is 12.5. The largest absolute Gasteiger partial charge is 0.372 e. The highest BCUT2D eigenvalue weighted by Gasteiger charge is 2.12. The van der Waals surface area contributed by atoms with Crippen LogP contribution >= 0.6 is 15.9 Å². The Balaban J connectivity index is 2.63. The van der Waals surface area contributed by atoms with Gasteiger partial charge in [-0.1, -0.05) is 6.92 Å². The number of rotatable bonds is 6. The monoisotopic (exact) mass is 314 g/mol. The van der Waals surface area contributed by atoms with E-state index in [4.69, 9.17) is 0 Å². The predicted molar refractivity (Wildman–Crippen MR) is 77.0 cm³/mol. The van der Waals surface area contributed by atoms with Gasteiger partial charge in [-0.2, -0.15) is 0 Å². The van der Waals surface area contributed by atoms with Crippen molar-refractivity contribution in [3.8, 4) is 0 Å². The molecule has 0 fully saturated rings. The van der Waals surface area contributed by atoms with Gasteiger partial charge < -0.3 is 15.5 Å². The van der Waals surface area contributed by atoms with Crippen molar-refractivity contribution in [2.24, 2.45) is 0 Å². The molecule has 5 nitrogen and oxygen atoms in total. The predicted octanol–water partition coefficient (Wildman–Crippen LogP) is 1.57. The second kappa shape index (κ2) is 7.33. The zero-order valence-electron chi connectivity index (χ0n) is 11.0. The van der Waals surface area contributed by atoms with Gasteiger partial charge in [-0.05, 0) is 35.6 Å². The summed E-state index contributed by atoms with van der Waals surface area (Å²) in [5, 5.41) is 5.80. The fourth-order valence-electron chi connectivity index (χ4n) is 1.43. The van der Waals surface area contributed by atoms with E-state index in [1.165, 1.54) is 0 Å². The first-order valence-electron chi connectivity index (χ1n) is 5.88. The van der Waals surface area contributed by atoms with Crippen LogP contribution in [0.25, 0.3) is 0 Å². The molecule has 0 aliphatic heterocycles. The van der Waals surface area contributed by atoms with Gasteiger partial charge in [0, 0.05) is 30.8 Å². The van der Waals surface area contributed by atoms with Crippen molar-refractivity contribution in [3.05, 3.63) is 22.3 Å². The Bertz CT molecular complexity index is 411. The third-order valence-electron chi connectivity index (χ3n) is 2.65. The Kier molecular flexibility index (Phi) is 6.07. The number of pyridine rings is 1. The lowest BCUT2D eigenvalue weighted by molar-refractivity contribution is 0.0950. The first kappa shape index (κ1) is 14.9. The summed E-state index contributed by atoms with van der Waals surface area (Å²) in [6.45, 7) is 4.51. The number of hydrogen-bond donors (Lipinski definition) is 2. The number of aromatic nitrogens is 1. The average Bonchev–Trinajstić information content (AvgIpc) is 2.38. The number of nitrogens with one attached hydrogen (secondary N) is 2. The molecule has 0 atom stereocenters. The van der Waals surface area contributed by atoms with E-state index in [1.54, 1.807) is 19.3 Å². The minimum atomic E-state index is -0.113. The molecule has 0 aliphatic carbocycles. The highest BCUT2D eigenvalue weighted by atomic mass is 79.9. The van der Waals surface area contributed by atoms with E-state index in [2.05, 4.69) is 43.4 Å². The van der Waals surface area contributed by atoms with Crippen molar-refractivity contribution < 1.29 is 4.79 Å². The van der Waals surface area contributed by atoms with Gasteiger partial charge in [0.2, 0.25) is 0 Å². The molecule has 100 valence electrons. The van der Waals surface area contributed by atoms with Gasteiger partial charge in [-0.15, -0.1) is 0 Å². The zero-order chi connectivity index (χ0) is 13.5. The van der Waals surface area contributed by atoms with E-state index < -0.39 is 0 Å². The van der Waals surface area contributed by atoms with Crippen molar-refractivity contribution in [3.63, 3.8) is 0 Å². The van der Waals surface area contributed by atoms with Gasteiger partial charge in [0.05, 0.1) is 5.56 Å². The molecule has 0 bridgehead atoms. The Labute approximate surface area is 116 Å². The van der Waals surface area contributed by atoms with Crippen molar-refractivity contribution in [2.75, 3.05) is 39.0 Å². The fraction of sp³-hybridized carbons (Fsp3) is 0.500. The summed E-state index contributed by atoms with van der Waals surface area (Å²) in [6, 6.07) is 1.76. The summed E-state index contributed by atoms with van der Waals surface area (Å²) < 4.78 is 0.789. The maximum Gasteiger partial charge on any atom is 0.255 e. The first-order chi connectivity index (χ1) is 8.58. The van der Waals surface area contributed by atoms with Gasteiger partial charge in [-0.3, -0.25) is 4.79 Å². The van der Waals surface area contributed by atoms with E-state index >= 15 is 0 Å². The number of likely N-dealkylation sites (N-methyl/N-ethyl adjacent to an activating group) is 1. The van der Waals surface area contributed by atoms with Crippen molar-refractivity contribution in [2.45, 2.75) is 6.92 Å². The van der Waals surface area contributed by atoms with Crippen LogP contribution in [0.3, 0.4) is 0 Å². The number of halogens is 1. The summed E-state index contributed by atoms with van der Waals surface area (Å²) >= 11 is 3.32. The van der Waals surface area contributed by atoms with Crippen LogP contribution in [0.4, 0.5) is 5.82 Å². The molecule has 0 saturated carbocycles. The normalized spacial score (nSPS) is 10.5. The Morgan fingerprint density at radius 2 is 2.28 bits per heavy atom. The van der Waals surface area contributed by atoms with Crippen LogP contribution in [0.5, 0.6) is 0 Å². The molecular formula is C12H19BrN4O. The molecule has 1 rings (SSSR count). The summed E-state index contributed by atoms with van der Waals surface area (Å²) in [6.07, 6.45) is 1.66. The van der Waals surface area contributed by atoms with Crippen LogP contribution in [0.15, 0.2) is 16.7 Å². The van der Waals surface area contributed by atoms with Gasteiger partial charge in [-0.25, -0.2) is 4.98 Å². The lowest BCUT2D eigenvalue weighted by Gasteiger charge is -2.14. The number of carbonyl (C=O) groups is 1. The van der Waals surface area contributed by atoms with Crippen molar-refractivity contribution in [1.82, 2.24) is 15.2 Å². The highest BCUT2D eigenvalue weighted by Crippen LogP contribution is 2.17. The molecule has 18 heavy (non-hydrogen) atoms. The lowest BCUT2D eigenvalue weighted by atomic mass is 10.2. The molecule has 0 saturated heterocycles. The number of amides is 1. The molecule has 1 aromatic heterocycles. The van der Waals surface area contributed by atoms with Gasteiger partial charge in [0.1, 0.15) is 5.82 Å². The maximum atomic E-state index is 12.0. The summed E-state index contributed by atoms with van der Waals surface area (Å²) in [4.78, 5) is 18.3. The smallest absolute Gasteiger partial charge is 0.255 e. The van der Waals surface area contributed by atoms with E-state index in [0.717, 1.165) is 17.6 Å². The van der Waals surface area contributed by atoms with E-state index in [9.17, 15) is 4.79 Å². The number of hydrogen-bond acceptors (Lipinski definition) is 4. The van der Waals surface area contributed by atoms with E-state index in [-0.39, 0.29) is 5.91 Å². The number of nitrogens with zero attached hydrogens (tertiary/aromatic N) is 2. The molecule has 0 aromatic carbocycles. The third-order valence-corrected chi connectivity index (χ3v) is 3.09. The molecule has 1 amide bonds. The summed E-state index contributed by atoms with van der Waals surface area (Å²) in [5.74, 6) is 0.470. The number of carbonyl (C=O) groups excluding carboxylic acids is 1. The summed E-state index contributed by atoms with van der Waals surface area (Å²) in [5.41, 5.74) is 0.547. The molecule has 0 unspecified atom stereocenters. The maximum absolute atomic E-state index is 12.0. The number of anilines is 1. The second-order valence-corrected chi connectivity index (χ2v) is 4.87. The Morgan fingerprint density at radius 3 is 2.89 bits per heavy atom. The topological polar surface area (TPSA) is 57.3 Å². The van der Waals surface area contributed by atoms with E-state index in [0.29, 0.717) is 17.9 Å². The van der Waals surface area contributed by atoms with E-state index in [1.807, 2.05) is 7.05 Å². The van der Waals surface area contributed by atoms with Crippen LogP contribution in [-0.2, 0) is 0 Å².